The molecule has 1 aliphatic rings. The monoisotopic (exact) mass is 224 g/mol. The maximum absolute atomic E-state index is 3.86. The SMILES string of the molecule is C=CCC(C)N1CC(C)(C)NCC1C(C)C. The quantitative estimate of drug-likeness (QED) is 0.739. The molecule has 0 spiro atoms. The van der Waals surface area contributed by atoms with Gasteiger partial charge in [0.25, 0.3) is 0 Å². The molecule has 0 bridgehead atoms. The van der Waals surface area contributed by atoms with Crippen LogP contribution in [-0.2, 0) is 0 Å². The molecule has 0 aromatic rings. The molecule has 0 aromatic heterocycles. The summed E-state index contributed by atoms with van der Waals surface area (Å²) in [5.74, 6) is 0.705. The van der Waals surface area contributed by atoms with E-state index in [0.29, 0.717) is 18.0 Å². The van der Waals surface area contributed by atoms with Crippen LogP contribution in [0.25, 0.3) is 0 Å². The maximum Gasteiger partial charge on any atom is 0.0253 e. The number of piperazine rings is 1. The molecule has 2 heteroatoms. The summed E-state index contributed by atoms with van der Waals surface area (Å²) in [5.41, 5.74) is 0.237. The van der Waals surface area contributed by atoms with Gasteiger partial charge in [-0.1, -0.05) is 19.9 Å². The van der Waals surface area contributed by atoms with Gasteiger partial charge in [0.05, 0.1) is 0 Å². The largest absolute Gasteiger partial charge is 0.309 e. The highest BCUT2D eigenvalue weighted by Crippen LogP contribution is 2.23. The van der Waals surface area contributed by atoms with Crippen LogP contribution < -0.4 is 5.32 Å². The van der Waals surface area contributed by atoms with E-state index in [4.69, 9.17) is 0 Å². The predicted molar refractivity (Wildman–Crippen MR) is 71.7 cm³/mol. The first kappa shape index (κ1) is 13.7. The lowest BCUT2D eigenvalue weighted by atomic mass is 9.91. The van der Waals surface area contributed by atoms with Crippen LogP contribution in [0.4, 0.5) is 0 Å². The molecule has 94 valence electrons. The van der Waals surface area contributed by atoms with Gasteiger partial charge < -0.3 is 5.32 Å². The molecular formula is C14H28N2. The molecule has 1 fully saturated rings. The highest BCUT2D eigenvalue weighted by molar-refractivity contribution is 4.96. The summed E-state index contributed by atoms with van der Waals surface area (Å²) in [4.78, 5) is 2.66. The molecule has 0 aromatic carbocycles. The molecule has 1 saturated heterocycles. The van der Waals surface area contributed by atoms with E-state index in [-0.39, 0.29) is 5.54 Å². The Bertz CT molecular complexity index is 233. The van der Waals surface area contributed by atoms with Crippen molar-refractivity contribution in [3.63, 3.8) is 0 Å². The van der Waals surface area contributed by atoms with Gasteiger partial charge in [0.15, 0.2) is 0 Å². The van der Waals surface area contributed by atoms with E-state index in [1.54, 1.807) is 0 Å². The Morgan fingerprint density at radius 1 is 1.44 bits per heavy atom. The lowest BCUT2D eigenvalue weighted by molar-refractivity contribution is 0.0386. The highest BCUT2D eigenvalue weighted by Gasteiger charge is 2.35. The van der Waals surface area contributed by atoms with Crippen molar-refractivity contribution in [3.05, 3.63) is 12.7 Å². The molecule has 0 aliphatic carbocycles. The zero-order chi connectivity index (χ0) is 12.3. The fraction of sp³-hybridized carbons (Fsp3) is 0.857. The smallest absolute Gasteiger partial charge is 0.0253 e. The first-order chi connectivity index (χ1) is 7.37. The highest BCUT2D eigenvalue weighted by atomic mass is 15.3. The second-order valence-corrected chi connectivity index (χ2v) is 6.12. The van der Waals surface area contributed by atoms with Gasteiger partial charge in [-0.2, -0.15) is 0 Å². The van der Waals surface area contributed by atoms with Crippen molar-refractivity contribution in [1.29, 1.82) is 0 Å². The van der Waals surface area contributed by atoms with Gasteiger partial charge in [0.1, 0.15) is 0 Å². The van der Waals surface area contributed by atoms with Gasteiger partial charge in [0, 0.05) is 30.7 Å². The van der Waals surface area contributed by atoms with Crippen molar-refractivity contribution in [2.75, 3.05) is 13.1 Å². The molecule has 2 nitrogen and oxygen atoms in total. The normalized spacial score (nSPS) is 28.0. The van der Waals surface area contributed by atoms with Crippen molar-refractivity contribution in [2.45, 2.75) is 58.7 Å². The maximum atomic E-state index is 3.86. The van der Waals surface area contributed by atoms with Crippen molar-refractivity contribution >= 4 is 0 Å². The standard InChI is InChI=1S/C14H28N2/c1-7-8-12(4)16-10-14(5,6)15-9-13(16)11(2)3/h7,11-13,15H,1,8-10H2,2-6H3. The van der Waals surface area contributed by atoms with Crippen LogP contribution in [0.1, 0.15) is 41.0 Å². The third-order valence-electron chi connectivity index (χ3n) is 3.64. The van der Waals surface area contributed by atoms with Gasteiger partial charge >= 0.3 is 0 Å². The number of nitrogens with zero attached hydrogens (tertiary/aromatic N) is 1. The second kappa shape index (κ2) is 5.33. The van der Waals surface area contributed by atoms with E-state index in [9.17, 15) is 0 Å². The van der Waals surface area contributed by atoms with E-state index in [2.05, 4.69) is 51.4 Å². The second-order valence-electron chi connectivity index (χ2n) is 6.12. The van der Waals surface area contributed by atoms with Crippen molar-refractivity contribution < 1.29 is 0 Å². The third kappa shape index (κ3) is 3.33. The fourth-order valence-electron chi connectivity index (χ4n) is 2.61. The van der Waals surface area contributed by atoms with Crippen LogP contribution >= 0.6 is 0 Å². The van der Waals surface area contributed by atoms with E-state index in [0.717, 1.165) is 19.5 Å². The zero-order valence-corrected chi connectivity index (χ0v) is 11.6. The number of hydrogen-bond donors (Lipinski definition) is 1. The predicted octanol–water partition coefficient (Wildman–Crippen LogP) is 2.66. The molecule has 1 rings (SSSR count). The Hall–Kier alpha value is -0.340. The summed E-state index contributed by atoms with van der Waals surface area (Å²) < 4.78 is 0. The Balaban J connectivity index is 2.75. The van der Waals surface area contributed by atoms with Crippen LogP contribution in [-0.4, -0.2) is 35.6 Å². The summed E-state index contributed by atoms with van der Waals surface area (Å²) in [6.07, 6.45) is 3.12. The van der Waals surface area contributed by atoms with E-state index in [1.165, 1.54) is 0 Å². The van der Waals surface area contributed by atoms with Crippen molar-refractivity contribution in [2.24, 2.45) is 5.92 Å². The molecule has 0 saturated carbocycles. The minimum atomic E-state index is 0.237. The van der Waals surface area contributed by atoms with Gasteiger partial charge in [-0.25, -0.2) is 0 Å². The Kier molecular flexibility index (Phi) is 4.57. The number of hydrogen-bond acceptors (Lipinski definition) is 2. The van der Waals surface area contributed by atoms with Crippen LogP contribution in [0.2, 0.25) is 0 Å². The average molecular weight is 224 g/mol. The molecule has 1 aliphatic heterocycles. The van der Waals surface area contributed by atoms with Crippen LogP contribution in [0.15, 0.2) is 12.7 Å². The summed E-state index contributed by atoms with van der Waals surface area (Å²) in [5, 5.41) is 3.65. The Labute approximate surface area is 101 Å². The lowest BCUT2D eigenvalue weighted by Gasteiger charge is -2.48. The number of rotatable bonds is 4. The molecule has 1 heterocycles. The van der Waals surface area contributed by atoms with E-state index >= 15 is 0 Å². The first-order valence-corrected chi connectivity index (χ1v) is 6.49. The van der Waals surface area contributed by atoms with Gasteiger partial charge in [-0.3, -0.25) is 4.90 Å². The van der Waals surface area contributed by atoms with Gasteiger partial charge in [-0.15, -0.1) is 6.58 Å². The Morgan fingerprint density at radius 3 is 2.56 bits per heavy atom. The Morgan fingerprint density at radius 2 is 2.06 bits per heavy atom. The molecule has 1 N–H and O–H groups in total. The summed E-state index contributed by atoms with van der Waals surface area (Å²) in [7, 11) is 0. The van der Waals surface area contributed by atoms with Crippen LogP contribution in [0.3, 0.4) is 0 Å². The summed E-state index contributed by atoms with van der Waals surface area (Å²) in [6.45, 7) is 17.6. The van der Waals surface area contributed by atoms with E-state index in [1.807, 2.05) is 6.08 Å². The first-order valence-electron chi connectivity index (χ1n) is 6.49. The topological polar surface area (TPSA) is 15.3 Å². The molecule has 2 unspecified atom stereocenters. The van der Waals surface area contributed by atoms with Gasteiger partial charge in [0.2, 0.25) is 0 Å². The van der Waals surface area contributed by atoms with Crippen molar-refractivity contribution in [1.82, 2.24) is 10.2 Å². The molecule has 2 atom stereocenters. The molecular weight excluding hydrogens is 196 g/mol. The minimum Gasteiger partial charge on any atom is -0.309 e. The van der Waals surface area contributed by atoms with Crippen LogP contribution in [0.5, 0.6) is 0 Å². The zero-order valence-electron chi connectivity index (χ0n) is 11.6. The molecule has 0 radical (unpaired) electrons. The number of nitrogens with one attached hydrogen (secondary N) is 1. The van der Waals surface area contributed by atoms with Crippen LogP contribution in [0, 0.1) is 5.92 Å². The third-order valence-corrected chi connectivity index (χ3v) is 3.64. The average Bonchev–Trinajstić information content (AvgIpc) is 2.16. The summed E-state index contributed by atoms with van der Waals surface area (Å²) in [6, 6.07) is 1.26. The molecule has 16 heavy (non-hydrogen) atoms. The van der Waals surface area contributed by atoms with Gasteiger partial charge in [-0.05, 0) is 33.1 Å². The molecule has 0 amide bonds. The van der Waals surface area contributed by atoms with Crippen molar-refractivity contribution in [3.8, 4) is 0 Å². The minimum absolute atomic E-state index is 0.237. The summed E-state index contributed by atoms with van der Waals surface area (Å²) >= 11 is 0. The van der Waals surface area contributed by atoms with E-state index < -0.39 is 0 Å². The fourth-order valence-corrected chi connectivity index (χ4v) is 2.61. The lowest BCUT2D eigenvalue weighted by Crippen LogP contribution is -2.64.